The minimum atomic E-state index is -4.58. The number of amides is 1. The van der Waals surface area contributed by atoms with Crippen LogP contribution in [0.1, 0.15) is 15.9 Å². The van der Waals surface area contributed by atoms with Crippen LogP contribution >= 0.6 is 0 Å². The SMILES string of the molecule is Cc1ccc(C(=O)N(CCO)CC(F)(F)F)cc1F. The molecule has 0 saturated heterocycles. The van der Waals surface area contributed by atoms with Gasteiger partial charge < -0.3 is 10.0 Å². The van der Waals surface area contributed by atoms with Gasteiger partial charge in [0.1, 0.15) is 12.4 Å². The lowest BCUT2D eigenvalue weighted by molar-refractivity contribution is -0.141. The Morgan fingerprint density at radius 3 is 2.47 bits per heavy atom. The van der Waals surface area contributed by atoms with Crippen molar-refractivity contribution in [3.63, 3.8) is 0 Å². The number of benzene rings is 1. The molecule has 106 valence electrons. The van der Waals surface area contributed by atoms with E-state index in [1.807, 2.05) is 0 Å². The van der Waals surface area contributed by atoms with Crippen LogP contribution in [0.15, 0.2) is 18.2 Å². The van der Waals surface area contributed by atoms with E-state index in [0.717, 1.165) is 6.07 Å². The predicted molar refractivity (Wildman–Crippen MR) is 60.2 cm³/mol. The van der Waals surface area contributed by atoms with Crippen molar-refractivity contribution < 1.29 is 27.5 Å². The van der Waals surface area contributed by atoms with Gasteiger partial charge in [0, 0.05) is 12.1 Å². The Morgan fingerprint density at radius 2 is 2.00 bits per heavy atom. The molecule has 0 atom stereocenters. The summed E-state index contributed by atoms with van der Waals surface area (Å²) in [7, 11) is 0. The molecular weight excluding hydrogens is 266 g/mol. The maximum absolute atomic E-state index is 13.3. The van der Waals surface area contributed by atoms with Crippen LogP contribution in [0.3, 0.4) is 0 Å². The first kappa shape index (κ1) is 15.4. The van der Waals surface area contributed by atoms with Gasteiger partial charge in [0.15, 0.2) is 0 Å². The molecule has 0 unspecified atom stereocenters. The fourth-order valence-corrected chi connectivity index (χ4v) is 1.50. The number of aliphatic hydroxyl groups excluding tert-OH is 1. The van der Waals surface area contributed by atoms with E-state index in [0.29, 0.717) is 10.5 Å². The Bertz CT molecular complexity index is 460. The summed E-state index contributed by atoms with van der Waals surface area (Å²) in [5, 5.41) is 8.69. The van der Waals surface area contributed by atoms with Crippen LogP contribution < -0.4 is 0 Å². The normalized spacial score (nSPS) is 11.5. The van der Waals surface area contributed by atoms with Gasteiger partial charge in [-0.3, -0.25) is 4.79 Å². The van der Waals surface area contributed by atoms with Crippen LogP contribution in [0.25, 0.3) is 0 Å². The fourth-order valence-electron chi connectivity index (χ4n) is 1.50. The van der Waals surface area contributed by atoms with Crippen molar-refractivity contribution in [3.8, 4) is 0 Å². The van der Waals surface area contributed by atoms with Gasteiger partial charge in [0.2, 0.25) is 0 Å². The smallest absolute Gasteiger partial charge is 0.395 e. The number of carbonyl (C=O) groups is 1. The van der Waals surface area contributed by atoms with Gasteiger partial charge in [-0.25, -0.2) is 4.39 Å². The predicted octanol–water partition coefficient (Wildman–Crippen LogP) is 2.13. The van der Waals surface area contributed by atoms with E-state index in [1.165, 1.54) is 19.1 Å². The lowest BCUT2D eigenvalue weighted by Crippen LogP contribution is -2.40. The Morgan fingerprint density at radius 1 is 1.37 bits per heavy atom. The van der Waals surface area contributed by atoms with Crippen LogP contribution in [0.2, 0.25) is 0 Å². The zero-order valence-corrected chi connectivity index (χ0v) is 10.2. The Kier molecular flexibility index (Phi) is 4.88. The van der Waals surface area contributed by atoms with Gasteiger partial charge >= 0.3 is 6.18 Å². The Balaban J connectivity index is 2.95. The van der Waals surface area contributed by atoms with Crippen molar-refractivity contribution in [2.45, 2.75) is 13.1 Å². The van der Waals surface area contributed by atoms with Crippen molar-refractivity contribution in [1.29, 1.82) is 0 Å². The maximum atomic E-state index is 13.3. The lowest BCUT2D eigenvalue weighted by atomic mass is 10.1. The number of alkyl halides is 3. The summed E-state index contributed by atoms with van der Waals surface area (Å²) < 4.78 is 50.2. The van der Waals surface area contributed by atoms with E-state index in [-0.39, 0.29) is 5.56 Å². The van der Waals surface area contributed by atoms with Crippen molar-refractivity contribution >= 4 is 5.91 Å². The first-order chi connectivity index (χ1) is 8.74. The fraction of sp³-hybridized carbons (Fsp3) is 0.417. The first-order valence-electron chi connectivity index (χ1n) is 5.47. The summed E-state index contributed by atoms with van der Waals surface area (Å²) in [5.41, 5.74) is 0.113. The van der Waals surface area contributed by atoms with E-state index in [9.17, 15) is 22.4 Å². The molecule has 0 spiro atoms. The first-order valence-corrected chi connectivity index (χ1v) is 5.47. The summed E-state index contributed by atoms with van der Waals surface area (Å²) in [6, 6.07) is 3.45. The van der Waals surface area contributed by atoms with E-state index in [1.54, 1.807) is 0 Å². The van der Waals surface area contributed by atoms with Crippen LogP contribution in [-0.4, -0.2) is 41.8 Å². The monoisotopic (exact) mass is 279 g/mol. The second-order valence-corrected chi connectivity index (χ2v) is 4.03. The van der Waals surface area contributed by atoms with Crippen molar-refractivity contribution in [1.82, 2.24) is 4.90 Å². The molecule has 0 heterocycles. The highest BCUT2D eigenvalue weighted by atomic mass is 19.4. The van der Waals surface area contributed by atoms with Gasteiger partial charge in [-0.15, -0.1) is 0 Å². The van der Waals surface area contributed by atoms with Crippen molar-refractivity contribution in [2.24, 2.45) is 0 Å². The Hall–Kier alpha value is -1.63. The highest BCUT2D eigenvalue weighted by Gasteiger charge is 2.33. The molecule has 19 heavy (non-hydrogen) atoms. The molecule has 1 N–H and O–H groups in total. The third-order valence-corrected chi connectivity index (χ3v) is 2.45. The van der Waals surface area contributed by atoms with Crippen molar-refractivity contribution in [3.05, 3.63) is 35.1 Å². The largest absolute Gasteiger partial charge is 0.406 e. The minimum Gasteiger partial charge on any atom is -0.395 e. The number of carbonyl (C=O) groups excluding carboxylic acids is 1. The van der Waals surface area contributed by atoms with E-state index in [2.05, 4.69) is 0 Å². The van der Waals surface area contributed by atoms with Gasteiger partial charge in [0.05, 0.1) is 6.61 Å². The summed E-state index contributed by atoms with van der Waals surface area (Å²) in [6.45, 7) is -1.07. The van der Waals surface area contributed by atoms with Gasteiger partial charge in [-0.1, -0.05) is 6.07 Å². The molecule has 0 aliphatic rings. The highest BCUT2D eigenvalue weighted by molar-refractivity contribution is 5.94. The molecule has 0 aliphatic carbocycles. The summed E-state index contributed by atoms with van der Waals surface area (Å²) in [5.74, 6) is -1.63. The van der Waals surface area contributed by atoms with Gasteiger partial charge in [0.25, 0.3) is 5.91 Å². The lowest BCUT2D eigenvalue weighted by Gasteiger charge is -2.23. The molecule has 0 bridgehead atoms. The third kappa shape index (κ3) is 4.51. The van der Waals surface area contributed by atoms with Gasteiger partial charge in [-0.2, -0.15) is 13.2 Å². The number of hydrogen-bond donors (Lipinski definition) is 1. The number of aliphatic hydroxyl groups is 1. The maximum Gasteiger partial charge on any atom is 0.406 e. The third-order valence-electron chi connectivity index (χ3n) is 2.45. The van der Waals surface area contributed by atoms with E-state index < -0.39 is 37.6 Å². The highest BCUT2D eigenvalue weighted by Crippen LogP contribution is 2.18. The van der Waals surface area contributed by atoms with Crippen LogP contribution in [0.4, 0.5) is 17.6 Å². The minimum absolute atomic E-state index is 0.180. The van der Waals surface area contributed by atoms with Crippen LogP contribution in [-0.2, 0) is 0 Å². The number of nitrogens with zero attached hydrogens (tertiary/aromatic N) is 1. The summed E-state index contributed by atoms with van der Waals surface area (Å²) in [6.07, 6.45) is -4.58. The van der Waals surface area contributed by atoms with E-state index in [4.69, 9.17) is 5.11 Å². The second kappa shape index (κ2) is 6.01. The summed E-state index contributed by atoms with van der Waals surface area (Å²) >= 11 is 0. The molecular formula is C12H13F4NO2. The average molecular weight is 279 g/mol. The summed E-state index contributed by atoms with van der Waals surface area (Å²) in [4.78, 5) is 12.3. The molecule has 0 saturated carbocycles. The van der Waals surface area contributed by atoms with Crippen LogP contribution in [0.5, 0.6) is 0 Å². The average Bonchev–Trinajstić information content (AvgIpc) is 2.29. The molecule has 7 heteroatoms. The zero-order valence-electron chi connectivity index (χ0n) is 10.2. The molecule has 0 radical (unpaired) electrons. The van der Waals surface area contributed by atoms with Gasteiger partial charge in [-0.05, 0) is 24.6 Å². The second-order valence-electron chi connectivity index (χ2n) is 4.03. The molecule has 1 aromatic carbocycles. The van der Waals surface area contributed by atoms with Crippen LogP contribution in [0, 0.1) is 12.7 Å². The molecule has 1 rings (SSSR count). The standard InChI is InChI=1S/C12H13F4NO2/c1-8-2-3-9(6-10(8)13)11(19)17(4-5-18)7-12(14,15)16/h2-3,6,18H,4-5,7H2,1H3. The molecule has 1 amide bonds. The number of hydrogen-bond acceptors (Lipinski definition) is 2. The number of rotatable bonds is 4. The quantitative estimate of drug-likeness (QED) is 0.858. The molecule has 3 nitrogen and oxygen atoms in total. The number of halogens is 4. The topological polar surface area (TPSA) is 40.5 Å². The molecule has 1 aromatic rings. The number of aryl methyl sites for hydroxylation is 1. The van der Waals surface area contributed by atoms with E-state index >= 15 is 0 Å². The molecule has 0 aliphatic heterocycles. The Labute approximate surface area is 107 Å². The zero-order chi connectivity index (χ0) is 14.6. The molecule has 0 aromatic heterocycles. The van der Waals surface area contributed by atoms with Crippen molar-refractivity contribution in [2.75, 3.05) is 19.7 Å². The molecule has 0 fully saturated rings.